The first-order valence-corrected chi connectivity index (χ1v) is 14.4. The molecule has 0 fully saturated rings. The van der Waals surface area contributed by atoms with Gasteiger partial charge in [0.15, 0.2) is 11.5 Å². The Bertz CT molecular complexity index is 1410. The molecule has 11 heteroatoms. The van der Waals surface area contributed by atoms with E-state index in [9.17, 15) is 19.2 Å². The number of nitrogens with zero attached hydrogens (tertiary/aromatic N) is 2. The molecule has 230 valence electrons. The lowest BCUT2D eigenvalue weighted by molar-refractivity contribution is -0.142. The fraction of sp³-hybridized carbons (Fsp3) is 0.438. The van der Waals surface area contributed by atoms with Crippen LogP contribution in [0.1, 0.15) is 50.3 Å². The summed E-state index contributed by atoms with van der Waals surface area (Å²) >= 11 is 6.47. The highest BCUT2D eigenvalue weighted by Crippen LogP contribution is 2.45. The molecule has 2 amide bonds. The second-order valence-corrected chi connectivity index (χ2v) is 11.7. The van der Waals surface area contributed by atoms with Crippen molar-refractivity contribution in [1.82, 2.24) is 4.90 Å². The number of methoxy groups -OCH3 is 3. The minimum Gasteiger partial charge on any atom is -0.493 e. The smallest absolute Gasteiger partial charge is 0.306 e. The van der Waals surface area contributed by atoms with Crippen LogP contribution in [0.5, 0.6) is 11.5 Å². The van der Waals surface area contributed by atoms with Gasteiger partial charge in [0, 0.05) is 46.5 Å². The Morgan fingerprint density at radius 3 is 2.49 bits per heavy atom. The average molecular weight is 613 g/mol. The number of hydrogen-bond donors (Lipinski definition) is 0. The molecule has 0 bridgehead atoms. The van der Waals surface area contributed by atoms with E-state index >= 15 is 0 Å². The molecule has 2 aliphatic heterocycles. The minimum atomic E-state index is -1.21. The average Bonchev–Trinajstić information content (AvgIpc) is 3.10. The number of aldehydes is 1. The van der Waals surface area contributed by atoms with Crippen molar-refractivity contribution < 1.29 is 38.1 Å². The van der Waals surface area contributed by atoms with Gasteiger partial charge in [-0.2, -0.15) is 0 Å². The Labute approximate surface area is 256 Å². The van der Waals surface area contributed by atoms with E-state index in [2.05, 4.69) is 0 Å². The SMILES string of the molecule is COC(=O)CC1C=CN(C(=O)C[C@H]2O[C@H](c3cccc(OC)c3OC)c3cc(Cl)ccc3N(CC(C)(C)C=O)C2=O)CC1. The molecule has 0 aromatic heterocycles. The topological polar surface area (TPSA) is 112 Å². The van der Waals surface area contributed by atoms with Crippen LogP contribution >= 0.6 is 11.6 Å². The number of benzene rings is 2. The normalized spacial score (nSPS) is 20.2. The molecule has 1 unspecified atom stereocenters. The van der Waals surface area contributed by atoms with Gasteiger partial charge < -0.3 is 33.5 Å². The number of carbonyl (C=O) groups excluding carboxylic acids is 4. The fourth-order valence-electron chi connectivity index (χ4n) is 5.32. The maximum Gasteiger partial charge on any atom is 0.306 e. The summed E-state index contributed by atoms with van der Waals surface area (Å²) in [5.74, 6) is -0.256. The van der Waals surface area contributed by atoms with E-state index in [4.69, 9.17) is 30.5 Å². The van der Waals surface area contributed by atoms with E-state index in [1.54, 1.807) is 62.5 Å². The van der Waals surface area contributed by atoms with E-state index in [0.717, 1.165) is 6.29 Å². The molecule has 0 saturated carbocycles. The van der Waals surface area contributed by atoms with Crippen LogP contribution in [0.2, 0.25) is 5.02 Å². The van der Waals surface area contributed by atoms with Crippen molar-refractivity contribution in [2.75, 3.05) is 39.3 Å². The molecule has 0 aliphatic carbocycles. The number of halogens is 1. The van der Waals surface area contributed by atoms with Crippen LogP contribution in [0.15, 0.2) is 48.7 Å². The van der Waals surface area contributed by atoms with Crippen molar-refractivity contribution in [2.45, 2.75) is 45.3 Å². The van der Waals surface area contributed by atoms with Gasteiger partial charge in [0.05, 0.1) is 34.2 Å². The van der Waals surface area contributed by atoms with E-state index in [1.807, 2.05) is 0 Å². The van der Waals surface area contributed by atoms with Crippen molar-refractivity contribution >= 4 is 41.4 Å². The summed E-state index contributed by atoms with van der Waals surface area (Å²) in [6.07, 6.45) is 2.71. The molecule has 2 aromatic carbocycles. The van der Waals surface area contributed by atoms with Gasteiger partial charge in [-0.15, -0.1) is 0 Å². The standard InChI is InChI=1S/C32H37ClN2O8/c1-32(2,19-36)18-35-24-10-9-21(33)16-23(24)29(22-7-6-8-25(40-3)30(22)42-5)43-26(31(35)39)17-27(37)34-13-11-20(12-14-34)15-28(38)41-4/h6-11,13,16,19-20,26,29H,12,14-15,17-18H2,1-5H3/t20?,26-,29-/m1/s1. The molecule has 0 spiro atoms. The molecule has 0 saturated heterocycles. The van der Waals surface area contributed by atoms with Crippen molar-refractivity contribution in [2.24, 2.45) is 11.3 Å². The Balaban J connectivity index is 1.75. The first-order valence-electron chi connectivity index (χ1n) is 14.0. The van der Waals surface area contributed by atoms with E-state index in [0.29, 0.717) is 46.3 Å². The number of para-hydroxylation sites is 1. The number of esters is 1. The largest absolute Gasteiger partial charge is 0.493 e. The molecular formula is C32H37ClN2O8. The molecule has 2 aromatic rings. The van der Waals surface area contributed by atoms with Gasteiger partial charge in [-0.05, 0) is 36.6 Å². The summed E-state index contributed by atoms with van der Waals surface area (Å²) in [5, 5.41) is 0.422. The van der Waals surface area contributed by atoms with Gasteiger partial charge in [0.1, 0.15) is 18.5 Å². The maximum absolute atomic E-state index is 14.2. The number of ether oxygens (including phenoxy) is 4. The highest BCUT2D eigenvalue weighted by Gasteiger charge is 2.41. The Kier molecular flexibility index (Phi) is 10.1. The monoisotopic (exact) mass is 612 g/mol. The van der Waals surface area contributed by atoms with Crippen LogP contribution in [0.25, 0.3) is 0 Å². The van der Waals surface area contributed by atoms with Crippen LogP contribution in [-0.2, 0) is 28.7 Å². The van der Waals surface area contributed by atoms with Crippen molar-refractivity contribution in [3.05, 3.63) is 64.8 Å². The fourth-order valence-corrected chi connectivity index (χ4v) is 5.51. The van der Waals surface area contributed by atoms with Crippen LogP contribution in [0.4, 0.5) is 5.69 Å². The van der Waals surface area contributed by atoms with Crippen molar-refractivity contribution in [3.63, 3.8) is 0 Å². The first kappa shape index (κ1) is 32.0. The minimum absolute atomic E-state index is 0.0440. The second kappa shape index (κ2) is 13.6. The quantitative estimate of drug-likeness (QED) is 0.280. The number of fused-ring (bicyclic) bond motifs is 1. The van der Waals surface area contributed by atoms with E-state index < -0.39 is 23.5 Å². The summed E-state index contributed by atoms with van der Waals surface area (Å²) in [6, 6.07) is 10.4. The maximum atomic E-state index is 14.2. The predicted molar refractivity (Wildman–Crippen MR) is 160 cm³/mol. The number of amides is 2. The molecular weight excluding hydrogens is 576 g/mol. The lowest BCUT2D eigenvalue weighted by atomic mass is 9.93. The van der Waals surface area contributed by atoms with Crippen LogP contribution in [0, 0.1) is 11.3 Å². The highest BCUT2D eigenvalue weighted by atomic mass is 35.5. The molecule has 4 rings (SSSR count). The Hall–Kier alpha value is -3.89. The lowest BCUT2D eigenvalue weighted by Gasteiger charge is -2.31. The number of anilines is 1. The molecule has 0 radical (unpaired) electrons. The molecule has 10 nitrogen and oxygen atoms in total. The highest BCUT2D eigenvalue weighted by molar-refractivity contribution is 6.30. The van der Waals surface area contributed by atoms with Crippen LogP contribution in [-0.4, -0.2) is 69.5 Å². The third-order valence-electron chi connectivity index (χ3n) is 7.62. The van der Waals surface area contributed by atoms with Gasteiger partial charge in [0.25, 0.3) is 5.91 Å². The summed E-state index contributed by atoms with van der Waals surface area (Å²) < 4.78 is 22.6. The number of hydrogen-bond acceptors (Lipinski definition) is 8. The van der Waals surface area contributed by atoms with Crippen LogP contribution in [0.3, 0.4) is 0 Å². The zero-order valence-corrected chi connectivity index (χ0v) is 25.8. The third kappa shape index (κ3) is 7.19. The van der Waals surface area contributed by atoms with Crippen molar-refractivity contribution in [3.8, 4) is 11.5 Å². The van der Waals surface area contributed by atoms with Gasteiger partial charge >= 0.3 is 5.97 Å². The second-order valence-electron chi connectivity index (χ2n) is 11.3. The summed E-state index contributed by atoms with van der Waals surface area (Å²) in [4.78, 5) is 54.5. The Morgan fingerprint density at radius 1 is 1.09 bits per heavy atom. The van der Waals surface area contributed by atoms with Gasteiger partial charge in [0.2, 0.25) is 5.91 Å². The zero-order valence-electron chi connectivity index (χ0n) is 25.0. The third-order valence-corrected chi connectivity index (χ3v) is 7.86. The van der Waals surface area contributed by atoms with E-state index in [-0.39, 0.29) is 37.2 Å². The first-order chi connectivity index (χ1) is 20.5. The zero-order chi connectivity index (χ0) is 31.3. The van der Waals surface area contributed by atoms with Gasteiger partial charge in [-0.25, -0.2) is 0 Å². The Morgan fingerprint density at radius 2 is 1.86 bits per heavy atom. The summed E-state index contributed by atoms with van der Waals surface area (Å²) in [7, 11) is 4.38. The summed E-state index contributed by atoms with van der Waals surface area (Å²) in [6.45, 7) is 3.91. The van der Waals surface area contributed by atoms with Crippen molar-refractivity contribution in [1.29, 1.82) is 0 Å². The summed E-state index contributed by atoms with van der Waals surface area (Å²) in [5.41, 5.74) is 0.777. The lowest BCUT2D eigenvalue weighted by Crippen LogP contribution is -2.46. The number of allylic oxidation sites excluding steroid dienone is 1. The molecule has 2 aliphatic rings. The van der Waals surface area contributed by atoms with Crippen LogP contribution < -0.4 is 14.4 Å². The molecule has 43 heavy (non-hydrogen) atoms. The molecule has 3 atom stereocenters. The molecule has 2 heterocycles. The number of carbonyl (C=O) groups is 4. The van der Waals surface area contributed by atoms with Gasteiger partial charge in [-0.1, -0.05) is 43.7 Å². The predicted octanol–water partition coefficient (Wildman–Crippen LogP) is 4.72. The van der Waals surface area contributed by atoms with E-state index in [1.165, 1.54) is 31.1 Å². The molecule has 0 N–H and O–H groups in total. The number of rotatable bonds is 10. The van der Waals surface area contributed by atoms with Gasteiger partial charge in [-0.3, -0.25) is 14.4 Å².